The van der Waals surface area contributed by atoms with Crippen LogP contribution in [0, 0.1) is 5.82 Å². The summed E-state index contributed by atoms with van der Waals surface area (Å²) >= 11 is 2.89. The number of ether oxygens (including phenoxy) is 1. The summed E-state index contributed by atoms with van der Waals surface area (Å²) in [5, 5.41) is 0. The molecule has 0 N–H and O–H groups in total. The number of rotatable bonds is 2. The lowest BCUT2D eigenvalue weighted by atomic mass is 10.3. The van der Waals surface area contributed by atoms with Gasteiger partial charge in [0.1, 0.15) is 4.90 Å². The van der Waals surface area contributed by atoms with E-state index in [9.17, 15) is 12.8 Å². The number of methoxy groups -OCH3 is 1. The molecule has 14 heavy (non-hydrogen) atoms. The molecule has 0 heterocycles. The first-order chi connectivity index (χ1) is 6.36. The van der Waals surface area contributed by atoms with Crippen LogP contribution in [0.1, 0.15) is 0 Å². The second kappa shape index (κ2) is 4.04. The fourth-order valence-corrected chi connectivity index (χ4v) is 3.01. The van der Waals surface area contributed by atoms with Crippen molar-refractivity contribution in [3.05, 3.63) is 22.4 Å². The number of hydrogen-bond donors (Lipinski definition) is 0. The molecule has 0 saturated carbocycles. The topological polar surface area (TPSA) is 43.4 Å². The molecule has 0 aliphatic carbocycles. The van der Waals surface area contributed by atoms with Crippen molar-refractivity contribution in [2.24, 2.45) is 0 Å². The maximum atomic E-state index is 13.0. The summed E-state index contributed by atoms with van der Waals surface area (Å²) in [6, 6.07) is 2.00. The highest BCUT2D eigenvalue weighted by atomic mass is 79.9. The molecule has 0 fully saturated rings. The first kappa shape index (κ1) is 11.7. The van der Waals surface area contributed by atoms with Crippen molar-refractivity contribution >= 4 is 35.7 Å². The fraction of sp³-hybridized carbons (Fsp3) is 0.143. The third-order valence-corrected chi connectivity index (χ3v) is 3.75. The predicted molar refractivity (Wildman–Crippen MR) is 53.7 cm³/mol. The van der Waals surface area contributed by atoms with Crippen molar-refractivity contribution in [2.45, 2.75) is 4.90 Å². The lowest BCUT2D eigenvalue weighted by molar-refractivity contribution is 0.384. The Bertz CT molecular complexity index is 460. The van der Waals surface area contributed by atoms with Crippen LogP contribution in [0.3, 0.4) is 0 Å². The van der Waals surface area contributed by atoms with Crippen molar-refractivity contribution in [1.82, 2.24) is 0 Å². The molecule has 0 aromatic heterocycles. The Balaban J connectivity index is 3.47. The van der Waals surface area contributed by atoms with Crippen LogP contribution < -0.4 is 4.74 Å². The Morgan fingerprint density at radius 1 is 1.50 bits per heavy atom. The molecule has 7 heteroatoms. The molecule has 0 amide bonds. The zero-order chi connectivity index (χ0) is 10.9. The smallest absolute Gasteiger partial charge is 0.262 e. The van der Waals surface area contributed by atoms with Crippen molar-refractivity contribution in [2.75, 3.05) is 7.11 Å². The normalized spacial score (nSPS) is 11.4. The van der Waals surface area contributed by atoms with Crippen LogP contribution in [-0.2, 0) is 9.05 Å². The molecule has 0 aliphatic rings. The van der Waals surface area contributed by atoms with Gasteiger partial charge in [-0.15, -0.1) is 0 Å². The van der Waals surface area contributed by atoms with Gasteiger partial charge in [-0.1, -0.05) is 0 Å². The summed E-state index contributed by atoms with van der Waals surface area (Å²) in [5.41, 5.74) is 0. The van der Waals surface area contributed by atoms with E-state index in [1.54, 1.807) is 0 Å². The molecule has 1 aromatic rings. The predicted octanol–water partition coefficient (Wildman–Crippen LogP) is 2.52. The summed E-state index contributed by atoms with van der Waals surface area (Å²) in [7, 11) is 2.44. The molecule has 1 rings (SSSR count). The van der Waals surface area contributed by atoms with E-state index in [1.807, 2.05) is 0 Å². The maximum Gasteiger partial charge on any atom is 0.262 e. The van der Waals surface area contributed by atoms with Gasteiger partial charge >= 0.3 is 0 Å². The zero-order valence-electron chi connectivity index (χ0n) is 6.92. The molecular weight excluding hydrogens is 298 g/mol. The Labute approximate surface area is 93.4 Å². The Kier molecular flexibility index (Phi) is 3.39. The summed E-state index contributed by atoms with van der Waals surface area (Å²) in [6.45, 7) is 0. The summed E-state index contributed by atoms with van der Waals surface area (Å²) in [4.78, 5) is -0.225. The highest BCUT2D eigenvalue weighted by molar-refractivity contribution is 9.10. The van der Waals surface area contributed by atoms with Crippen LogP contribution in [0.2, 0.25) is 0 Å². The number of halogens is 3. The average Bonchev–Trinajstić information content (AvgIpc) is 2.02. The van der Waals surface area contributed by atoms with Crippen molar-refractivity contribution in [3.8, 4) is 5.75 Å². The third-order valence-electron chi connectivity index (χ3n) is 1.47. The molecule has 0 radical (unpaired) electrons. The van der Waals surface area contributed by atoms with Gasteiger partial charge in [-0.3, -0.25) is 0 Å². The molecular formula is C7H5BrClFO3S. The second-order valence-electron chi connectivity index (χ2n) is 2.36. The molecule has 0 spiro atoms. The molecule has 1 aromatic carbocycles. The highest BCUT2D eigenvalue weighted by Gasteiger charge is 2.18. The zero-order valence-corrected chi connectivity index (χ0v) is 10.1. The lowest BCUT2D eigenvalue weighted by Crippen LogP contribution is -1.96. The van der Waals surface area contributed by atoms with Crippen molar-refractivity contribution < 1.29 is 17.5 Å². The van der Waals surface area contributed by atoms with E-state index < -0.39 is 14.9 Å². The molecule has 0 atom stereocenters. The Hall–Kier alpha value is -0.330. The Morgan fingerprint density at radius 2 is 2.07 bits per heavy atom. The van der Waals surface area contributed by atoms with Crippen molar-refractivity contribution in [3.63, 3.8) is 0 Å². The molecule has 78 valence electrons. The molecule has 0 aliphatic heterocycles. The van der Waals surface area contributed by atoms with Gasteiger partial charge in [0.05, 0.1) is 7.11 Å². The first-order valence-electron chi connectivity index (χ1n) is 3.34. The second-order valence-corrected chi connectivity index (χ2v) is 5.74. The van der Waals surface area contributed by atoms with Crippen LogP contribution in [-0.4, -0.2) is 15.5 Å². The Morgan fingerprint density at radius 3 is 2.50 bits per heavy atom. The van der Waals surface area contributed by atoms with Gasteiger partial charge in [0.25, 0.3) is 9.05 Å². The van der Waals surface area contributed by atoms with E-state index >= 15 is 0 Å². The van der Waals surface area contributed by atoms with Gasteiger partial charge in [-0.25, -0.2) is 12.8 Å². The highest BCUT2D eigenvalue weighted by Crippen LogP contribution is 2.31. The molecule has 0 unspecified atom stereocenters. The van der Waals surface area contributed by atoms with E-state index in [0.717, 1.165) is 12.1 Å². The van der Waals surface area contributed by atoms with Crippen LogP contribution in [0.5, 0.6) is 5.75 Å². The third kappa shape index (κ3) is 2.37. The lowest BCUT2D eigenvalue weighted by Gasteiger charge is -2.05. The SMILES string of the molecule is COc1cc(S(=O)(=O)Cl)c(Br)cc1F. The fourth-order valence-electron chi connectivity index (χ4n) is 0.854. The minimum absolute atomic E-state index is 0.0609. The van der Waals surface area contributed by atoms with Gasteiger partial charge in [0.2, 0.25) is 0 Å². The van der Waals surface area contributed by atoms with Gasteiger partial charge < -0.3 is 4.74 Å². The first-order valence-corrected chi connectivity index (χ1v) is 6.44. The van der Waals surface area contributed by atoms with Crippen LogP contribution >= 0.6 is 26.6 Å². The van der Waals surface area contributed by atoms with Crippen LogP contribution in [0.15, 0.2) is 21.5 Å². The van der Waals surface area contributed by atoms with E-state index in [0.29, 0.717) is 0 Å². The van der Waals surface area contributed by atoms with Gasteiger partial charge in [0.15, 0.2) is 11.6 Å². The minimum Gasteiger partial charge on any atom is -0.494 e. The van der Waals surface area contributed by atoms with Crippen molar-refractivity contribution in [1.29, 1.82) is 0 Å². The van der Waals surface area contributed by atoms with Crippen LogP contribution in [0.25, 0.3) is 0 Å². The summed E-state index contributed by atoms with van der Waals surface area (Å²) < 4.78 is 39.7. The molecule has 3 nitrogen and oxygen atoms in total. The van der Waals surface area contributed by atoms with Gasteiger partial charge in [-0.2, -0.15) is 0 Å². The summed E-state index contributed by atoms with van der Waals surface area (Å²) in [6.07, 6.45) is 0. The van der Waals surface area contributed by atoms with E-state index in [2.05, 4.69) is 20.7 Å². The number of hydrogen-bond acceptors (Lipinski definition) is 3. The van der Waals surface area contributed by atoms with E-state index in [-0.39, 0.29) is 15.1 Å². The van der Waals surface area contributed by atoms with E-state index in [1.165, 1.54) is 7.11 Å². The van der Waals surface area contributed by atoms with Gasteiger partial charge in [-0.05, 0) is 22.0 Å². The molecule has 0 bridgehead atoms. The summed E-state index contributed by atoms with van der Waals surface area (Å²) in [5.74, 6) is -0.837. The quantitative estimate of drug-likeness (QED) is 0.789. The van der Waals surface area contributed by atoms with Crippen LogP contribution in [0.4, 0.5) is 4.39 Å². The standard InChI is InChI=1S/C7H5BrClFO3S/c1-13-6-3-7(14(9,11)12)4(8)2-5(6)10/h2-3H,1H3. The van der Waals surface area contributed by atoms with E-state index in [4.69, 9.17) is 10.7 Å². The average molecular weight is 304 g/mol. The molecule has 0 saturated heterocycles. The minimum atomic E-state index is -3.90. The largest absolute Gasteiger partial charge is 0.494 e. The maximum absolute atomic E-state index is 13.0. The monoisotopic (exact) mass is 302 g/mol. The number of benzene rings is 1. The van der Waals surface area contributed by atoms with Gasteiger partial charge in [0, 0.05) is 21.2 Å².